The summed E-state index contributed by atoms with van der Waals surface area (Å²) in [4.78, 5) is 17.4. The number of H-pyrrole nitrogens is 1. The maximum absolute atomic E-state index is 15.6. The van der Waals surface area contributed by atoms with E-state index in [0.29, 0.717) is 12.1 Å². The lowest BCUT2D eigenvalue weighted by Crippen LogP contribution is -2.56. The molecule has 2 aliphatic heterocycles. The number of para-hydroxylation sites is 1. The first kappa shape index (κ1) is 23.5. The van der Waals surface area contributed by atoms with E-state index in [-0.39, 0.29) is 43.0 Å². The lowest BCUT2D eigenvalue weighted by Gasteiger charge is -2.43. The number of amides is 1. The van der Waals surface area contributed by atoms with Crippen LogP contribution in [0.25, 0.3) is 10.9 Å². The van der Waals surface area contributed by atoms with Crippen LogP contribution in [0.15, 0.2) is 36.4 Å². The zero-order valence-electron chi connectivity index (χ0n) is 19.9. The molecule has 0 aliphatic carbocycles. The van der Waals surface area contributed by atoms with Gasteiger partial charge in [-0.05, 0) is 51.0 Å². The van der Waals surface area contributed by atoms with Crippen molar-refractivity contribution in [3.63, 3.8) is 0 Å². The molecule has 2 atom stereocenters. The first-order valence-electron chi connectivity index (χ1n) is 11.8. The normalized spacial score (nSPS) is 21.1. The van der Waals surface area contributed by atoms with E-state index in [0.717, 1.165) is 16.5 Å². The van der Waals surface area contributed by atoms with Crippen LogP contribution in [0.4, 0.5) is 23.7 Å². The fourth-order valence-electron chi connectivity index (χ4n) is 5.39. The fourth-order valence-corrected chi connectivity index (χ4v) is 5.39. The van der Waals surface area contributed by atoms with Crippen LogP contribution >= 0.6 is 0 Å². The summed E-state index contributed by atoms with van der Waals surface area (Å²) < 4.78 is 46.1. The van der Waals surface area contributed by atoms with Gasteiger partial charge in [-0.2, -0.15) is 0 Å². The number of hydrogen-bond donors (Lipinski definition) is 3. The number of carboxylic acid groups (broad SMARTS) is 1. The summed E-state index contributed by atoms with van der Waals surface area (Å²) in [7, 11) is 0. The van der Waals surface area contributed by atoms with Gasteiger partial charge in [-0.3, -0.25) is 4.90 Å². The van der Waals surface area contributed by atoms with Crippen molar-refractivity contribution in [2.75, 3.05) is 25.0 Å². The van der Waals surface area contributed by atoms with Crippen molar-refractivity contribution in [3.05, 3.63) is 64.9 Å². The van der Waals surface area contributed by atoms with E-state index in [2.05, 4.69) is 10.3 Å². The number of nitrogens with zero attached hydrogens (tertiary/aromatic N) is 2. The van der Waals surface area contributed by atoms with E-state index in [4.69, 9.17) is 5.11 Å². The van der Waals surface area contributed by atoms with E-state index < -0.39 is 29.4 Å². The molecule has 1 fully saturated rings. The molecule has 0 radical (unpaired) electrons. The monoisotopic (exact) mass is 486 g/mol. The summed E-state index contributed by atoms with van der Waals surface area (Å²) in [5, 5.41) is 13.0. The van der Waals surface area contributed by atoms with Crippen molar-refractivity contribution in [3.8, 4) is 0 Å². The number of aromatic amines is 1. The highest BCUT2D eigenvalue weighted by molar-refractivity contribution is 5.85. The van der Waals surface area contributed by atoms with E-state index in [1.807, 2.05) is 36.1 Å². The first-order chi connectivity index (χ1) is 16.5. The van der Waals surface area contributed by atoms with E-state index in [1.54, 1.807) is 0 Å². The Morgan fingerprint density at radius 3 is 2.49 bits per heavy atom. The summed E-state index contributed by atoms with van der Waals surface area (Å²) in [5.74, 6) is -1.46. The van der Waals surface area contributed by atoms with Crippen molar-refractivity contribution in [1.82, 2.24) is 14.8 Å². The molecule has 0 bridgehead atoms. The van der Waals surface area contributed by atoms with Gasteiger partial charge in [-0.1, -0.05) is 18.2 Å². The summed E-state index contributed by atoms with van der Waals surface area (Å²) in [6, 6.07) is 9.05. The van der Waals surface area contributed by atoms with Gasteiger partial charge in [0.1, 0.15) is 17.3 Å². The molecule has 0 unspecified atom stereocenters. The Balaban J connectivity index is 1.55. The molecular weight excluding hydrogens is 457 g/mol. The standard InChI is InChI=1S/C26H29F3N4O2/c1-14-8-18-17-6-4-5-7-21(17)31-23(18)24(33(14)13-26(2,3)29)22-19(27)9-15(10-20(22)28)30-16-11-32(12-16)25(34)35/h4-7,9-10,14,16,24,30-31H,8,11-13H2,1-3H3,(H,34,35)/t14-,24-/m1/s1. The number of likely N-dealkylation sites (tertiary alicyclic amines) is 1. The SMILES string of the molecule is C[C@@H]1Cc2c([nH]c3ccccc23)[C@@H](c2c(F)cc(NC3CN(C(=O)O)C3)cc2F)N1CC(C)(C)F. The molecule has 35 heavy (non-hydrogen) atoms. The minimum absolute atomic E-state index is 0.0135. The van der Waals surface area contributed by atoms with Crippen LogP contribution in [0.1, 0.15) is 43.6 Å². The Bertz CT molecular complexity index is 1260. The molecule has 3 N–H and O–H groups in total. The molecular formula is C26H29F3N4O2. The highest BCUT2D eigenvalue weighted by Gasteiger charge is 2.41. The van der Waals surface area contributed by atoms with Crippen LogP contribution in [0, 0.1) is 11.6 Å². The average molecular weight is 487 g/mol. The first-order valence-corrected chi connectivity index (χ1v) is 11.8. The molecule has 1 aromatic heterocycles. The van der Waals surface area contributed by atoms with E-state index in [1.165, 1.54) is 30.9 Å². The number of benzene rings is 2. The highest BCUT2D eigenvalue weighted by Crippen LogP contribution is 2.43. The zero-order chi connectivity index (χ0) is 25.1. The summed E-state index contributed by atoms with van der Waals surface area (Å²) >= 11 is 0. The van der Waals surface area contributed by atoms with Gasteiger partial charge in [-0.15, -0.1) is 0 Å². The maximum Gasteiger partial charge on any atom is 0.407 e. The third-order valence-corrected chi connectivity index (χ3v) is 6.95. The molecule has 3 heterocycles. The second-order valence-corrected chi connectivity index (χ2v) is 10.3. The van der Waals surface area contributed by atoms with Crippen LogP contribution in [0.5, 0.6) is 0 Å². The second-order valence-electron chi connectivity index (χ2n) is 10.3. The van der Waals surface area contributed by atoms with Crippen molar-refractivity contribution in [1.29, 1.82) is 0 Å². The Morgan fingerprint density at radius 2 is 1.86 bits per heavy atom. The van der Waals surface area contributed by atoms with Gasteiger partial charge in [0.05, 0.1) is 12.1 Å². The quantitative estimate of drug-likeness (QED) is 0.458. The molecule has 0 spiro atoms. The van der Waals surface area contributed by atoms with Gasteiger partial charge in [0.25, 0.3) is 0 Å². The van der Waals surface area contributed by atoms with Gasteiger partial charge < -0.3 is 20.3 Å². The maximum atomic E-state index is 15.6. The molecule has 2 aromatic carbocycles. The van der Waals surface area contributed by atoms with Crippen molar-refractivity contribution >= 4 is 22.7 Å². The minimum Gasteiger partial charge on any atom is -0.465 e. The summed E-state index contributed by atoms with van der Waals surface area (Å²) in [6.07, 6.45) is -0.386. The Kier molecular flexibility index (Phi) is 5.70. The number of nitrogens with one attached hydrogen (secondary N) is 2. The molecule has 1 amide bonds. The van der Waals surface area contributed by atoms with Crippen molar-refractivity contribution in [2.45, 2.75) is 51.0 Å². The number of carbonyl (C=O) groups is 1. The molecule has 3 aromatic rings. The minimum atomic E-state index is -1.56. The third-order valence-electron chi connectivity index (χ3n) is 6.95. The highest BCUT2D eigenvalue weighted by atomic mass is 19.1. The van der Waals surface area contributed by atoms with Crippen LogP contribution in [0.3, 0.4) is 0 Å². The van der Waals surface area contributed by atoms with Crippen LogP contribution in [0.2, 0.25) is 0 Å². The van der Waals surface area contributed by atoms with Crippen molar-refractivity contribution < 1.29 is 23.1 Å². The Hall–Kier alpha value is -3.20. The number of rotatable bonds is 5. The van der Waals surface area contributed by atoms with Crippen molar-refractivity contribution in [2.24, 2.45) is 0 Å². The van der Waals surface area contributed by atoms with E-state index in [9.17, 15) is 9.18 Å². The van der Waals surface area contributed by atoms with Gasteiger partial charge in [-0.25, -0.2) is 18.0 Å². The number of hydrogen-bond acceptors (Lipinski definition) is 3. The summed E-state index contributed by atoms with van der Waals surface area (Å²) in [5.41, 5.74) is 1.11. The molecule has 186 valence electrons. The number of anilines is 1. The molecule has 5 rings (SSSR count). The van der Waals surface area contributed by atoms with Gasteiger partial charge in [0.15, 0.2) is 0 Å². The third kappa shape index (κ3) is 4.33. The zero-order valence-corrected chi connectivity index (χ0v) is 19.9. The Morgan fingerprint density at radius 1 is 1.20 bits per heavy atom. The smallest absolute Gasteiger partial charge is 0.407 e. The molecule has 1 saturated heterocycles. The number of aromatic nitrogens is 1. The number of fused-ring (bicyclic) bond motifs is 3. The van der Waals surface area contributed by atoms with Crippen LogP contribution < -0.4 is 5.32 Å². The lowest BCUT2D eigenvalue weighted by atomic mass is 9.87. The molecule has 2 aliphatic rings. The van der Waals surface area contributed by atoms with Gasteiger partial charge in [0.2, 0.25) is 0 Å². The van der Waals surface area contributed by atoms with Crippen LogP contribution in [-0.2, 0) is 6.42 Å². The van der Waals surface area contributed by atoms with Crippen LogP contribution in [-0.4, -0.2) is 63.4 Å². The predicted octanol–water partition coefficient (Wildman–Crippen LogP) is 5.30. The fraction of sp³-hybridized carbons (Fsp3) is 0.423. The second kappa shape index (κ2) is 8.48. The molecule has 0 saturated carbocycles. The average Bonchev–Trinajstić information content (AvgIpc) is 3.09. The summed E-state index contributed by atoms with van der Waals surface area (Å²) in [6.45, 7) is 5.41. The van der Waals surface area contributed by atoms with Gasteiger partial charge >= 0.3 is 6.09 Å². The molecule has 6 nitrogen and oxygen atoms in total. The predicted molar refractivity (Wildman–Crippen MR) is 129 cm³/mol. The van der Waals surface area contributed by atoms with Gasteiger partial charge in [0, 0.05) is 53.5 Å². The van der Waals surface area contributed by atoms with E-state index >= 15 is 8.78 Å². The largest absolute Gasteiger partial charge is 0.465 e. The number of halogens is 3. The topological polar surface area (TPSA) is 71.6 Å². The molecule has 9 heteroatoms. The Labute approximate surface area is 201 Å². The lowest BCUT2D eigenvalue weighted by molar-refractivity contribution is 0.0643. The number of alkyl halides is 1.